The maximum absolute atomic E-state index is 11.6. The van der Waals surface area contributed by atoms with E-state index in [0.717, 1.165) is 56.8 Å². The SMILES string of the molecule is CC(C)(C)C.CC(C)(C)C#CCC(C)(C)C.CC(C)(C)CC1CCCCC1.CC(C)(C)CCCC(=O)C(C)(C)C.CC(C)(C)CCc1ccccc1.CC(C)(C)Cc1ccccc1.CCC(C)(C)C.CCC(C)(C)C.CCCC(C)(C)C.CCCC(C)(C)C.CCCOc1ccc(C(C)(C)C)cc1.c1ccncc1. The van der Waals surface area contributed by atoms with Crippen LogP contribution in [0.5, 0.6) is 5.75 Å². The monoisotopic (exact) mass is 1520 g/mol. The van der Waals surface area contributed by atoms with Crippen LogP contribution in [0, 0.1) is 82.7 Å². The number of carbonyl (C=O) groups is 1. The number of aromatic nitrogens is 1. The van der Waals surface area contributed by atoms with E-state index in [2.05, 4.69) is 393 Å². The van der Waals surface area contributed by atoms with Crippen molar-refractivity contribution in [1.82, 2.24) is 4.98 Å². The molecule has 3 heteroatoms. The number of ketones is 1. The first-order valence-corrected chi connectivity index (χ1v) is 43.5. The normalized spacial score (nSPS) is 12.8. The molecule has 0 unspecified atom stereocenters. The number of hydrogen-bond acceptors (Lipinski definition) is 3. The minimum Gasteiger partial charge on any atom is -0.494 e. The highest BCUT2D eigenvalue weighted by atomic mass is 16.5. The van der Waals surface area contributed by atoms with Gasteiger partial charge in [0.15, 0.2) is 0 Å². The predicted molar refractivity (Wildman–Crippen MR) is 502 cm³/mol. The zero-order chi connectivity index (χ0) is 87.1. The first-order chi connectivity index (χ1) is 48.8. The Labute approximate surface area is 688 Å². The molecule has 1 saturated carbocycles. The highest BCUT2D eigenvalue weighted by Crippen LogP contribution is 2.34. The van der Waals surface area contributed by atoms with Crippen molar-refractivity contribution in [2.24, 2.45) is 70.9 Å². The van der Waals surface area contributed by atoms with E-state index >= 15 is 0 Å². The third-order valence-electron chi connectivity index (χ3n) is 16.3. The molecule has 5 rings (SSSR count). The molecule has 1 aliphatic carbocycles. The quantitative estimate of drug-likeness (QED) is 0.133. The molecule has 1 fully saturated rings. The van der Waals surface area contributed by atoms with Gasteiger partial charge < -0.3 is 4.74 Å². The number of rotatable bonds is 12. The standard InChI is InChI=1S/C13H20O.C12H24O.C12H18.C11H22.C11H16.C11H20.2C7H16.2C6H14.C5H5N.C5H12/c1-5-10-14-12-8-6-11(7-9-12)13(2,3)4;1-11(2,3)9-7-8-10(13)12(4,5)6;1-12(2,3)10-9-11-7-5-4-6-8-11;2*1-11(2,3)9-10-7-5-4-6-8-10;1-10(2,3)8-7-9-11(4,5)6;2*1-5-6-7(2,3)4;2*1-5-6(2,3)4;1-2-4-6-5-3-1;1-5(2,3)4/h6-9H,5,10H2,1-4H3;7-9H2,1-6H3;4-8H,9-10H2,1-3H3;10H,4-9H2,1-3H3;4-8H,9H2,1-3H3;8H2,1-6H3;2*5-6H2,1-4H3;2*5H2,1-4H3;1-5H;1-4H3. The van der Waals surface area contributed by atoms with E-state index in [1.54, 1.807) is 12.4 Å². The lowest BCUT2D eigenvalue weighted by Gasteiger charge is -2.28. The average Bonchev–Trinajstić information content (AvgIpc) is 0.861. The number of Topliss-reactive ketones (excluding diaryl/α,β-unsaturated/α-hetero) is 1. The van der Waals surface area contributed by atoms with Gasteiger partial charge in [0.2, 0.25) is 0 Å². The molecule has 0 bridgehead atoms. The van der Waals surface area contributed by atoms with Crippen LogP contribution in [0.25, 0.3) is 0 Å². The largest absolute Gasteiger partial charge is 0.494 e. The second-order valence-corrected chi connectivity index (χ2v) is 46.5. The third kappa shape index (κ3) is 115. The Bertz CT molecular complexity index is 2630. The molecule has 4 aromatic rings. The van der Waals surface area contributed by atoms with Crippen LogP contribution in [0.2, 0.25) is 0 Å². The van der Waals surface area contributed by atoms with Crippen LogP contribution in [0.1, 0.15) is 444 Å². The maximum Gasteiger partial charge on any atom is 0.138 e. The van der Waals surface area contributed by atoms with Crippen molar-refractivity contribution in [3.05, 3.63) is 132 Å². The molecule has 0 aliphatic heterocycles. The van der Waals surface area contributed by atoms with Crippen molar-refractivity contribution >= 4 is 5.78 Å². The lowest BCUT2D eigenvalue weighted by atomic mass is 9.78. The summed E-state index contributed by atoms with van der Waals surface area (Å²) >= 11 is 0. The summed E-state index contributed by atoms with van der Waals surface area (Å²) in [6.07, 6.45) is 28.8. The molecule has 0 spiro atoms. The lowest BCUT2D eigenvalue weighted by molar-refractivity contribution is -0.126. The Morgan fingerprint density at radius 2 is 0.771 bits per heavy atom. The molecule has 638 valence electrons. The van der Waals surface area contributed by atoms with Gasteiger partial charge in [0.1, 0.15) is 11.5 Å². The Hall–Kier alpha value is -4.16. The minimum atomic E-state index is -0.155. The van der Waals surface area contributed by atoms with Crippen LogP contribution in [-0.4, -0.2) is 17.4 Å². The van der Waals surface area contributed by atoms with Crippen LogP contribution in [0.15, 0.2) is 116 Å². The number of benzene rings is 3. The predicted octanol–water partition coefficient (Wildman–Crippen LogP) is 35.7. The van der Waals surface area contributed by atoms with Gasteiger partial charge in [-0.15, -0.1) is 5.92 Å². The van der Waals surface area contributed by atoms with Crippen molar-refractivity contribution < 1.29 is 9.53 Å². The van der Waals surface area contributed by atoms with E-state index in [-0.39, 0.29) is 16.2 Å². The maximum atomic E-state index is 11.6. The fourth-order valence-electron chi connectivity index (χ4n) is 9.44. The van der Waals surface area contributed by atoms with E-state index in [1.807, 2.05) is 39.0 Å². The zero-order valence-corrected chi connectivity index (χ0v) is 82.7. The van der Waals surface area contributed by atoms with Gasteiger partial charge in [0.25, 0.3) is 0 Å². The number of ether oxygens (including phenoxy) is 1. The van der Waals surface area contributed by atoms with Crippen molar-refractivity contribution in [2.45, 2.75) is 445 Å². The number of nitrogens with zero attached hydrogens (tertiary/aromatic N) is 1. The molecule has 3 nitrogen and oxygen atoms in total. The minimum absolute atomic E-state index is 0.155. The third-order valence-corrected chi connectivity index (χ3v) is 16.3. The Morgan fingerprint density at radius 3 is 1.03 bits per heavy atom. The van der Waals surface area contributed by atoms with Gasteiger partial charge in [-0.1, -0.05) is 433 Å². The summed E-state index contributed by atoms with van der Waals surface area (Å²) in [5.41, 5.74) is 9.26. The summed E-state index contributed by atoms with van der Waals surface area (Å²) in [5.74, 6) is 8.85. The molecular formula is C106H197NO2. The van der Waals surface area contributed by atoms with Crippen molar-refractivity contribution in [3.63, 3.8) is 0 Å². The molecule has 1 aromatic heterocycles. The zero-order valence-electron chi connectivity index (χ0n) is 82.7. The van der Waals surface area contributed by atoms with Crippen molar-refractivity contribution in [2.75, 3.05) is 6.61 Å². The summed E-state index contributed by atoms with van der Waals surface area (Å²) in [4.78, 5) is 15.3. The number of carbonyl (C=O) groups excluding carboxylic acids is 1. The summed E-state index contributed by atoms with van der Waals surface area (Å²) in [7, 11) is 0. The van der Waals surface area contributed by atoms with Crippen LogP contribution in [-0.2, 0) is 23.1 Å². The van der Waals surface area contributed by atoms with Gasteiger partial charge in [0.05, 0.1) is 6.61 Å². The van der Waals surface area contributed by atoms with Gasteiger partial charge in [-0.05, 0) is 185 Å². The summed E-state index contributed by atoms with van der Waals surface area (Å²) in [5, 5.41) is 0. The van der Waals surface area contributed by atoms with Crippen LogP contribution in [0.4, 0.5) is 0 Å². The summed E-state index contributed by atoms with van der Waals surface area (Å²) in [6, 6.07) is 35.4. The van der Waals surface area contributed by atoms with E-state index in [4.69, 9.17) is 4.74 Å². The molecule has 1 aliphatic rings. The summed E-state index contributed by atoms with van der Waals surface area (Å²) in [6.45, 7) is 101. The van der Waals surface area contributed by atoms with E-state index < -0.39 is 0 Å². The first-order valence-electron chi connectivity index (χ1n) is 43.5. The molecule has 109 heavy (non-hydrogen) atoms. The Morgan fingerprint density at radius 1 is 0.404 bits per heavy atom. The Balaban J connectivity index is -0.000000211. The number of aryl methyl sites for hydroxylation is 1. The molecular weight excluding hydrogens is 1320 g/mol. The van der Waals surface area contributed by atoms with Gasteiger partial charge >= 0.3 is 0 Å². The lowest BCUT2D eigenvalue weighted by Crippen LogP contribution is -2.20. The molecule has 0 radical (unpaired) electrons. The first kappa shape index (κ1) is 118. The second kappa shape index (κ2) is 59.5. The highest BCUT2D eigenvalue weighted by Gasteiger charge is 2.23. The van der Waals surface area contributed by atoms with Gasteiger partial charge in [0, 0.05) is 36.1 Å². The summed E-state index contributed by atoms with van der Waals surface area (Å²) < 4.78 is 5.52. The fraction of sp³-hybridized carbons (Fsp3) is 0.755. The van der Waals surface area contributed by atoms with Gasteiger partial charge in [-0.25, -0.2) is 0 Å². The van der Waals surface area contributed by atoms with Gasteiger partial charge in [-0.2, -0.15) is 0 Å². The second-order valence-electron chi connectivity index (χ2n) is 46.5. The van der Waals surface area contributed by atoms with Crippen LogP contribution >= 0.6 is 0 Å². The molecule has 0 saturated heterocycles. The molecule has 1 heterocycles. The van der Waals surface area contributed by atoms with Crippen molar-refractivity contribution in [3.8, 4) is 17.6 Å². The smallest absolute Gasteiger partial charge is 0.138 e. The molecule has 3 aromatic carbocycles. The topological polar surface area (TPSA) is 39.2 Å². The van der Waals surface area contributed by atoms with E-state index in [0.29, 0.717) is 59.9 Å². The van der Waals surface area contributed by atoms with Gasteiger partial charge in [-0.3, -0.25) is 9.78 Å². The molecule has 0 N–H and O–H groups in total. The number of hydrogen-bond donors (Lipinski definition) is 0. The Kier molecular flexibility index (Phi) is 64.5. The molecule has 0 amide bonds. The van der Waals surface area contributed by atoms with E-state index in [1.165, 1.54) is 107 Å². The van der Waals surface area contributed by atoms with Crippen molar-refractivity contribution in [1.29, 1.82) is 0 Å². The highest BCUT2D eigenvalue weighted by molar-refractivity contribution is 5.83. The molecule has 0 atom stereocenters. The average molecular weight is 1520 g/mol. The number of pyridine rings is 1. The fourth-order valence-corrected chi connectivity index (χ4v) is 9.44. The van der Waals surface area contributed by atoms with E-state index in [9.17, 15) is 4.79 Å². The van der Waals surface area contributed by atoms with Crippen LogP contribution < -0.4 is 4.74 Å². The van der Waals surface area contributed by atoms with Crippen LogP contribution in [0.3, 0.4) is 0 Å².